The van der Waals surface area contributed by atoms with Crippen molar-refractivity contribution in [3.8, 4) is 0 Å². The normalized spacial score (nSPS) is 43.0. The summed E-state index contributed by atoms with van der Waals surface area (Å²) in [7, 11) is 0. The Morgan fingerprint density at radius 1 is 1.03 bits per heavy atom. The summed E-state index contributed by atoms with van der Waals surface area (Å²) in [4.78, 5) is 0. The molecule has 0 bridgehead atoms. The molecule has 0 amide bonds. The molecule has 4 aliphatic carbocycles. The van der Waals surface area contributed by atoms with Crippen molar-refractivity contribution in [2.24, 2.45) is 34.5 Å². The van der Waals surface area contributed by atoms with Gasteiger partial charge in [0.2, 0.25) is 0 Å². The largest absolute Gasteiger partial charge is 0.393 e. The smallest absolute Gasteiger partial charge is 0.0914 e. The molecule has 3 saturated carbocycles. The van der Waals surface area contributed by atoms with Crippen LogP contribution in [0.3, 0.4) is 0 Å². The Morgan fingerprint density at radius 3 is 2.48 bits per heavy atom. The average molecular weight is 453 g/mol. The standard InChI is InChI=1S/C30H44O3/c1-19-5-7-20(8-6-19)17-27(32)30(4,33)26-12-11-24-23-10-9-21-18-22(31)13-15-28(21,2)25(23)14-16-29(24,26)3/h5-9,22-27,31-33H,10-18H2,1-4H3/t22-,23-,24-,25-,26-,27-,28-,29-,30-/m0/s1. The van der Waals surface area contributed by atoms with E-state index in [9.17, 15) is 15.3 Å². The van der Waals surface area contributed by atoms with E-state index in [0.29, 0.717) is 24.2 Å². The number of hydrogen-bond donors (Lipinski definition) is 3. The maximum Gasteiger partial charge on any atom is 0.0914 e. The molecule has 0 radical (unpaired) electrons. The molecule has 1 aromatic carbocycles. The molecule has 3 heteroatoms. The van der Waals surface area contributed by atoms with Crippen molar-refractivity contribution in [3.63, 3.8) is 0 Å². The van der Waals surface area contributed by atoms with Gasteiger partial charge in [-0.1, -0.05) is 55.3 Å². The van der Waals surface area contributed by atoms with Crippen molar-refractivity contribution < 1.29 is 15.3 Å². The quantitative estimate of drug-likeness (QED) is 0.522. The maximum absolute atomic E-state index is 11.8. The highest BCUT2D eigenvalue weighted by molar-refractivity contribution is 5.26. The highest BCUT2D eigenvalue weighted by atomic mass is 16.3. The van der Waals surface area contributed by atoms with Crippen LogP contribution in [0.2, 0.25) is 0 Å². The Bertz CT molecular complexity index is 902. The second kappa shape index (κ2) is 8.21. The van der Waals surface area contributed by atoms with Crippen LogP contribution in [0.4, 0.5) is 0 Å². The van der Waals surface area contributed by atoms with E-state index in [1.807, 2.05) is 6.92 Å². The average Bonchev–Trinajstić information content (AvgIpc) is 3.14. The molecule has 0 unspecified atom stereocenters. The molecule has 0 saturated heterocycles. The zero-order chi connectivity index (χ0) is 23.6. The second-order valence-corrected chi connectivity index (χ2v) is 12.8. The first-order valence-electron chi connectivity index (χ1n) is 13.4. The first-order valence-corrected chi connectivity index (χ1v) is 13.4. The van der Waals surface area contributed by atoms with Gasteiger partial charge in [0.05, 0.1) is 17.8 Å². The van der Waals surface area contributed by atoms with Gasteiger partial charge < -0.3 is 15.3 Å². The van der Waals surface area contributed by atoms with E-state index in [-0.39, 0.29) is 22.9 Å². The van der Waals surface area contributed by atoms with Gasteiger partial charge in [-0.15, -0.1) is 0 Å². The molecule has 3 nitrogen and oxygen atoms in total. The number of aryl methyl sites for hydroxylation is 1. The van der Waals surface area contributed by atoms with Crippen LogP contribution in [-0.2, 0) is 6.42 Å². The summed E-state index contributed by atoms with van der Waals surface area (Å²) >= 11 is 0. The van der Waals surface area contributed by atoms with E-state index in [0.717, 1.165) is 50.5 Å². The first-order chi connectivity index (χ1) is 15.6. The molecule has 9 atom stereocenters. The predicted octanol–water partition coefficient (Wildman–Crippen LogP) is 5.59. The molecule has 0 heterocycles. The Balaban J connectivity index is 1.37. The van der Waals surface area contributed by atoms with Gasteiger partial charge in [-0.05, 0) is 105 Å². The third-order valence-corrected chi connectivity index (χ3v) is 11.0. The van der Waals surface area contributed by atoms with Crippen LogP contribution in [0, 0.1) is 41.4 Å². The summed E-state index contributed by atoms with van der Waals surface area (Å²) in [5.41, 5.74) is 3.06. The van der Waals surface area contributed by atoms with Gasteiger partial charge >= 0.3 is 0 Å². The van der Waals surface area contributed by atoms with Crippen LogP contribution in [0.15, 0.2) is 35.9 Å². The zero-order valence-corrected chi connectivity index (χ0v) is 21.1. The van der Waals surface area contributed by atoms with Crippen molar-refractivity contribution in [1.29, 1.82) is 0 Å². The summed E-state index contributed by atoms with van der Waals surface area (Å²) in [6.45, 7) is 8.87. The topological polar surface area (TPSA) is 60.7 Å². The van der Waals surface area contributed by atoms with Gasteiger partial charge in [-0.2, -0.15) is 0 Å². The lowest BCUT2D eigenvalue weighted by Crippen LogP contribution is -2.56. The number of benzene rings is 1. The van der Waals surface area contributed by atoms with Crippen molar-refractivity contribution in [3.05, 3.63) is 47.0 Å². The molecule has 1 aromatic rings. The van der Waals surface area contributed by atoms with Crippen LogP contribution < -0.4 is 0 Å². The highest BCUT2D eigenvalue weighted by Crippen LogP contribution is 2.67. The van der Waals surface area contributed by atoms with E-state index in [4.69, 9.17) is 0 Å². The van der Waals surface area contributed by atoms with Gasteiger partial charge in [-0.25, -0.2) is 0 Å². The van der Waals surface area contributed by atoms with Crippen LogP contribution in [-0.4, -0.2) is 33.1 Å². The fourth-order valence-electron chi connectivity index (χ4n) is 8.99. The number of allylic oxidation sites excluding steroid dienone is 1. The van der Waals surface area contributed by atoms with Crippen LogP contribution in [0.5, 0.6) is 0 Å². The Kier molecular flexibility index (Phi) is 5.86. The SMILES string of the molecule is Cc1ccc(C[C@H](O)[C@@](C)(O)[C@H]2CC[C@H]3[C@@H]4CC=C5C[C@@H](O)CC[C@]5(C)[C@H]4CC[C@]23C)cc1. The van der Waals surface area contributed by atoms with Crippen LogP contribution in [0.1, 0.15) is 83.3 Å². The van der Waals surface area contributed by atoms with Gasteiger partial charge in [0.15, 0.2) is 0 Å². The van der Waals surface area contributed by atoms with Gasteiger partial charge in [0, 0.05) is 6.42 Å². The molecular formula is C30H44O3. The van der Waals surface area contributed by atoms with Gasteiger partial charge in [-0.3, -0.25) is 0 Å². The number of rotatable bonds is 4. The van der Waals surface area contributed by atoms with Crippen molar-refractivity contribution in [1.82, 2.24) is 0 Å². The summed E-state index contributed by atoms with van der Waals surface area (Å²) in [6, 6.07) is 8.32. The lowest BCUT2D eigenvalue weighted by Gasteiger charge is -2.59. The van der Waals surface area contributed by atoms with E-state index >= 15 is 0 Å². The zero-order valence-electron chi connectivity index (χ0n) is 21.1. The maximum atomic E-state index is 11.8. The number of hydrogen-bond acceptors (Lipinski definition) is 3. The summed E-state index contributed by atoms with van der Waals surface area (Å²) < 4.78 is 0. The van der Waals surface area contributed by atoms with Crippen molar-refractivity contribution in [2.45, 2.75) is 103 Å². The molecular weight excluding hydrogens is 408 g/mol. The molecule has 3 N–H and O–H groups in total. The number of aliphatic hydroxyl groups excluding tert-OH is 2. The Hall–Kier alpha value is -1.16. The fraction of sp³-hybridized carbons (Fsp3) is 0.733. The molecule has 33 heavy (non-hydrogen) atoms. The minimum atomic E-state index is -1.09. The monoisotopic (exact) mass is 452 g/mol. The molecule has 3 fully saturated rings. The predicted molar refractivity (Wildman–Crippen MR) is 133 cm³/mol. The first kappa shape index (κ1) is 23.6. The lowest BCUT2D eigenvalue weighted by atomic mass is 9.46. The van der Waals surface area contributed by atoms with E-state index in [2.05, 4.69) is 51.1 Å². The summed E-state index contributed by atoms with van der Waals surface area (Å²) in [5, 5.41) is 33.3. The van der Waals surface area contributed by atoms with Gasteiger partial charge in [0.1, 0.15) is 0 Å². The van der Waals surface area contributed by atoms with Gasteiger partial charge in [0.25, 0.3) is 0 Å². The van der Waals surface area contributed by atoms with Crippen molar-refractivity contribution >= 4 is 0 Å². The molecule has 4 aliphatic rings. The third kappa shape index (κ3) is 3.74. The summed E-state index contributed by atoms with van der Waals surface area (Å²) in [6.07, 6.45) is 10.6. The van der Waals surface area contributed by atoms with Crippen molar-refractivity contribution in [2.75, 3.05) is 0 Å². The third-order valence-electron chi connectivity index (χ3n) is 11.0. The minimum Gasteiger partial charge on any atom is -0.393 e. The Morgan fingerprint density at radius 2 is 1.76 bits per heavy atom. The highest BCUT2D eigenvalue weighted by Gasteiger charge is 2.62. The molecule has 0 spiro atoms. The van der Waals surface area contributed by atoms with E-state index < -0.39 is 11.7 Å². The van der Waals surface area contributed by atoms with E-state index in [1.165, 1.54) is 17.6 Å². The minimum absolute atomic E-state index is 0.0782. The molecule has 5 rings (SSSR count). The van der Waals surface area contributed by atoms with Crippen LogP contribution >= 0.6 is 0 Å². The fourth-order valence-corrected chi connectivity index (χ4v) is 8.99. The van der Waals surface area contributed by atoms with E-state index in [1.54, 1.807) is 0 Å². The molecule has 0 aliphatic heterocycles. The second-order valence-electron chi connectivity index (χ2n) is 12.8. The number of aliphatic hydroxyl groups is 3. The Labute approximate surface area is 200 Å². The van der Waals surface area contributed by atoms with Crippen LogP contribution in [0.25, 0.3) is 0 Å². The summed E-state index contributed by atoms with van der Waals surface area (Å²) in [5.74, 6) is 2.11. The molecule has 182 valence electrons. The lowest BCUT2D eigenvalue weighted by molar-refractivity contribution is -0.148. The number of fused-ring (bicyclic) bond motifs is 5. The molecule has 0 aromatic heterocycles.